The standard InChI is InChI=1S/C20H31N3O/c1-15(16-7-3-2-4-8-16)23-20(11-5-6-12-20)14-22-19(24)17-9-10-18(21)13-17/h2-4,7-8,15,17-18,23H,5-6,9-14,21H2,1H3,(H,22,24). The summed E-state index contributed by atoms with van der Waals surface area (Å²) in [7, 11) is 0. The van der Waals surface area contributed by atoms with Crippen molar-refractivity contribution in [2.75, 3.05) is 6.54 Å². The van der Waals surface area contributed by atoms with E-state index in [1.165, 1.54) is 18.4 Å². The maximum absolute atomic E-state index is 12.5. The third-order valence-corrected chi connectivity index (χ3v) is 5.83. The number of hydrogen-bond donors (Lipinski definition) is 3. The lowest BCUT2D eigenvalue weighted by atomic mass is 9.94. The summed E-state index contributed by atoms with van der Waals surface area (Å²) in [5.41, 5.74) is 7.28. The van der Waals surface area contributed by atoms with Crippen molar-refractivity contribution in [1.29, 1.82) is 0 Å². The molecule has 4 heteroatoms. The van der Waals surface area contributed by atoms with Gasteiger partial charge in [-0.1, -0.05) is 43.2 Å². The van der Waals surface area contributed by atoms with E-state index in [9.17, 15) is 4.79 Å². The van der Waals surface area contributed by atoms with E-state index >= 15 is 0 Å². The maximum atomic E-state index is 12.5. The average Bonchev–Trinajstić information content (AvgIpc) is 3.23. The zero-order chi connectivity index (χ0) is 17.0. The van der Waals surface area contributed by atoms with Gasteiger partial charge in [-0.05, 0) is 44.6 Å². The van der Waals surface area contributed by atoms with E-state index in [1.54, 1.807) is 0 Å². The molecule has 0 heterocycles. The summed E-state index contributed by atoms with van der Waals surface area (Å²) in [6, 6.07) is 11.0. The molecule has 0 aromatic heterocycles. The highest BCUT2D eigenvalue weighted by atomic mass is 16.1. The largest absolute Gasteiger partial charge is 0.354 e. The van der Waals surface area contributed by atoms with E-state index in [4.69, 9.17) is 5.73 Å². The average molecular weight is 329 g/mol. The van der Waals surface area contributed by atoms with Crippen LogP contribution in [0.15, 0.2) is 30.3 Å². The first-order valence-electron chi connectivity index (χ1n) is 9.44. The number of nitrogens with two attached hydrogens (primary N) is 1. The molecule has 0 aliphatic heterocycles. The Kier molecular flexibility index (Phi) is 5.57. The summed E-state index contributed by atoms with van der Waals surface area (Å²) in [5, 5.41) is 7.05. The molecule has 4 N–H and O–H groups in total. The fourth-order valence-electron chi connectivity index (χ4n) is 4.36. The number of rotatable bonds is 6. The SMILES string of the molecule is CC(NC1(CNC(=O)C2CCC(N)C2)CCCC1)c1ccccc1. The Morgan fingerprint density at radius 1 is 1.25 bits per heavy atom. The third kappa shape index (κ3) is 4.17. The van der Waals surface area contributed by atoms with Gasteiger partial charge in [0.25, 0.3) is 0 Å². The summed E-state index contributed by atoms with van der Waals surface area (Å²) in [5.74, 6) is 0.313. The van der Waals surface area contributed by atoms with Gasteiger partial charge in [0, 0.05) is 30.1 Å². The fraction of sp³-hybridized carbons (Fsp3) is 0.650. The van der Waals surface area contributed by atoms with Crippen molar-refractivity contribution in [3.05, 3.63) is 35.9 Å². The Balaban J connectivity index is 1.58. The molecule has 3 rings (SSSR count). The van der Waals surface area contributed by atoms with Crippen LogP contribution in [0.1, 0.15) is 63.5 Å². The smallest absolute Gasteiger partial charge is 0.223 e. The normalized spacial score (nSPS) is 27.1. The van der Waals surface area contributed by atoms with Crippen molar-refractivity contribution in [1.82, 2.24) is 10.6 Å². The lowest BCUT2D eigenvalue weighted by Crippen LogP contribution is -2.53. The highest BCUT2D eigenvalue weighted by molar-refractivity contribution is 5.79. The minimum Gasteiger partial charge on any atom is -0.354 e. The molecule has 3 atom stereocenters. The van der Waals surface area contributed by atoms with E-state index in [1.807, 2.05) is 6.07 Å². The van der Waals surface area contributed by atoms with Gasteiger partial charge < -0.3 is 16.4 Å². The molecular weight excluding hydrogens is 298 g/mol. The Morgan fingerprint density at radius 3 is 2.58 bits per heavy atom. The number of benzene rings is 1. The van der Waals surface area contributed by atoms with Crippen molar-refractivity contribution in [3.8, 4) is 0 Å². The second kappa shape index (κ2) is 7.66. The van der Waals surface area contributed by atoms with Gasteiger partial charge in [0.2, 0.25) is 5.91 Å². The monoisotopic (exact) mass is 329 g/mol. The number of carbonyl (C=O) groups excluding carboxylic acids is 1. The van der Waals surface area contributed by atoms with Crippen LogP contribution < -0.4 is 16.4 Å². The minimum atomic E-state index is 0.0334. The van der Waals surface area contributed by atoms with Crippen LogP contribution in [0.25, 0.3) is 0 Å². The van der Waals surface area contributed by atoms with Crippen LogP contribution in [-0.2, 0) is 4.79 Å². The summed E-state index contributed by atoms with van der Waals surface area (Å²) in [6.45, 7) is 2.95. The molecule has 0 bridgehead atoms. The van der Waals surface area contributed by atoms with Crippen molar-refractivity contribution >= 4 is 5.91 Å². The molecular formula is C20H31N3O. The molecule has 0 saturated heterocycles. The molecule has 4 nitrogen and oxygen atoms in total. The van der Waals surface area contributed by atoms with E-state index in [2.05, 4.69) is 41.8 Å². The van der Waals surface area contributed by atoms with E-state index in [0.717, 1.165) is 38.6 Å². The van der Waals surface area contributed by atoms with Crippen molar-refractivity contribution in [2.45, 2.75) is 69.5 Å². The summed E-state index contributed by atoms with van der Waals surface area (Å²) in [4.78, 5) is 12.5. The quantitative estimate of drug-likeness (QED) is 0.752. The Labute approximate surface area is 145 Å². The number of nitrogens with one attached hydrogen (secondary N) is 2. The first-order chi connectivity index (χ1) is 11.6. The molecule has 3 unspecified atom stereocenters. The summed E-state index contributed by atoms with van der Waals surface area (Å²) in [6.07, 6.45) is 7.49. The number of amides is 1. The second-order valence-electron chi connectivity index (χ2n) is 7.75. The van der Waals surface area contributed by atoms with Gasteiger partial charge in [0.15, 0.2) is 0 Å². The van der Waals surface area contributed by atoms with Crippen LogP contribution in [-0.4, -0.2) is 24.0 Å². The van der Waals surface area contributed by atoms with Crippen LogP contribution in [0, 0.1) is 5.92 Å². The molecule has 24 heavy (non-hydrogen) atoms. The molecule has 1 aromatic carbocycles. The van der Waals surface area contributed by atoms with Gasteiger partial charge in [-0.3, -0.25) is 4.79 Å². The molecule has 2 fully saturated rings. The maximum Gasteiger partial charge on any atom is 0.223 e. The molecule has 1 amide bonds. The molecule has 2 aliphatic carbocycles. The highest BCUT2D eigenvalue weighted by Gasteiger charge is 2.36. The first kappa shape index (κ1) is 17.4. The van der Waals surface area contributed by atoms with Gasteiger partial charge in [0.05, 0.1) is 0 Å². The first-order valence-corrected chi connectivity index (χ1v) is 9.44. The third-order valence-electron chi connectivity index (χ3n) is 5.83. The second-order valence-corrected chi connectivity index (χ2v) is 7.75. The molecule has 1 aromatic rings. The summed E-state index contributed by atoms with van der Waals surface area (Å²) < 4.78 is 0. The van der Waals surface area contributed by atoms with Gasteiger partial charge in [-0.2, -0.15) is 0 Å². The fourth-order valence-corrected chi connectivity index (χ4v) is 4.36. The van der Waals surface area contributed by atoms with Crippen molar-refractivity contribution in [3.63, 3.8) is 0 Å². The molecule has 2 saturated carbocycles. The van der Waals surface area contributed by atoms with Crippen molar-refractivity contribution in [2.24, 2.45) is 11.7 Å². The van der Waals surface area contributed by atoms with E-state index in [-0.39, 0.29) is 23.4 Å². The number of hydrogen-bond acceptors (Lipinski definition) is 3. The topological polar surface area (TPSA) is 67.1 Å². The van der Waals surface area contributed by atoms with Crippen LogP contribution >= 0.6 is 0 Å². The molecule has 0 spiro atoms. The Morgan fingerprint density at radius 2 is 1.96 bits per heavy atom. The van der Waals surface area contributed by atoms with Gasteiger partial charge >= 0.3 is 0 Å². The molecule has 132 valence electrons. The van der Waals surface area contributed by atoms with Crippen LogP contribution in [0.5, 0.6) is 0 Å². The molecule has 0 radical (unpaired) electrons. The van der Waals surface area contributed by atoms with Gasteiger partial charge in [0.1, 0.15) is 0 Å². The zero-order valence-corrected chi connectivity index (χ0v) is 14.8. The predicted molar refractivity (Wildman–Crippen MR) is 97.5 cm³/mol. The lowest BCUT2D eigenvalue weighted by molar-refractivity contribution is -0.125. The summed E-state index contributed by atoms with van der Waals surface area (Å²) >= 11 is 0. The minimum absolute atomic E-state index is 0.0334. The lowest BCUT2D eigenvalue weighted by Gasteiger charge is -2.34. The van der Waals surface area contributed by atoms with Gasteiger partial charge in [-0.15, -0.1) is 0 Å². The van der Waals surface area contributed by atoms with Crippen LogP contribution in [0.3, 0.4) is 0 Å². The Hall–Kier alpha value is -1.39. The van der Waals surface area contributed by atoms with Crippen LogP contribution in [0.4, 0.5) is 0 Å². The number of carbonyl (C=O) groups is 1. The van der Waals surface area contributed by atoms with E-state index in [0.29, 0.717) is 6.04 Å². The zero-order valence-electron chi connectivity index (χ0n) is 14.8. The van der Waals surface area contributed by atoms with Crippen LogP contribution in [0.2, 0.25) is 0 Å². The van der Waals surface area contributed by atoms with Crippen molar-refractivity contribution < 1.29 is 4.79 Å². The molecule has 2 aliphatic rings. The van der Waals surface area contributed by atoms with Gasteiger partial charge in [-0.25, -0.2) is 0 Å². The predicted octanol–water partition coefficient (Wildman–Crippen LogP) is 2.89. The Bertz CT molecular complexity index is 539. The highest BCUT2D eigenvalue weighted by Crippen LogP contribution is 2.32. The van der Waals surface area contributed by atoms with E-state index < -0.39 is 0 Å².